The third kappa shape index (κ3) is 4.96. The quantitative estimate of drug-likeness (QED) is 0.285. The van der Waals surface area contributed by atoms with Gasteiger partial charge in [-0.25, -0.2) is 9.07 Å². The molecule has 36 heavy (non-hydrogen) atoms. The number of aliphatic hydroxyl groups excluding tert-OH is 1. The van der Waals surface area contributed by atoms with E-state index >= 15 is 0 Å². The monoisotopic (exact) mass is 506 g/mol. The topological polar surface area (TPSA) is 112 Å². The van der Waals surface area contributed by atoms with Gasteiger partial charge in [0.25, 0.3) is 0 Å². The molecule has 2 heterocycles. The molecule has 0 amide bonds. The average Bonchev–Trinajstić information content (AvgIpc) is 3.60. The van der Waals surface area contributed by atoms with Crippen molar-refractivity contribution in [2.24, 2.45) is 0 Å². The summed E-state index contributed by atoms with van der Waals surface area (Å²) in [5, 5.41) is 35.0. The molecule has 184 valence electrons. The average molecular weight is 507 g/mol. The Morgan fingerprint density at radius 2 is 2.08 bits per heavy atom. The van der Waals surface area contributed by atoms with Crippen molar-refractivity contribution in [2.45, 2.75) is 44.3 Å². The molecule has 2 aromatic heterocycles. The Bertz CT molecular complexity index is 1490. The van der Waals surface area contributed by atoms with Gasteiger partial charge in [-0.05, 0) is 56.0 Å². The highest BCUT2D eigenvalue weighted by Crippen LogP contribution is 2.37. The Morgan fingerprint density at radius 1 is 1.31 bits per heavy atom. The minimum Gasteiger partial charge on any atom is -0.396 e. The Hall–Kier alpha value is -3.74. The standard InChI is InChI=1S/C26H25ClFN7O/c1-15(8-9-36)31-24-17(12-29)13-30-26-21(24)10-19(11-22(26)27)32-25(16-2-4-18(28)5-3-16)23-14-35(34-33-23)20-6-7-20/h2-5,10-11,13-15,20,25,32,36H,6-9H2,1H3,(H,30,31)/t15?,25-/m1/s1/i25D. The van der Waals surface area contributed by atoms with Crippen LogP contribution in [0.15, 0.2) is 48.8 Å². The van der Waals surface area contributed by atoms with Crippen molar-refractivity contribution in [3.05, 3.63) is 76.5 Å². The first-order valence-electron chi connectivity index (χ1n) is 12.2. The normalized spacial score (nSPS) is 16.1. The number of anilines is 2. The van der Waals surface area contributed by atoms with Crippen LogP contribution < -0.4 is 10.6 Å². The molecule has 1 aliphatic carbocycles. The van der Waals surface area contributed by atoms with E-state index in [0.29, 0.717) is 50.5 Å². The van der Waals surface area contributed by atoms with E-state index in [1.54, 1.807) is 23.0 Å². The number of aliphatic hydroxyl groups is 1. The maximum atomic E-state index is 13.7. The third-order valence-electron chi connectivity index (χ3n) is 6.09. The van der Waals surface area contributed by atoms with Crippen LogP contribution in [0.4, 0.5) is 15.8 Å². The highest BCUT2D eigenvalue weighted by atomic mass is 35.5. The van der Waals surface area contributed by atoms with E-state index in [9.17, 15) is 16.1 Å². The van der Waals surface area contributed by atoms with Crippen LogP contribution >= 0.6 is 11.6 Å². The number of hydrogen-bond donors (Lipinski definition) is 3. The Balaban J connectivity index is 1.62. The second-order valence-electron chi connectivity index (χ2n) is 8.89. The second kappa shape index (κ2) is 10.1. The zero-order valence-corrected chi connectivity index (χ0v) is 20.3. The van der Waals surface area contributed by atoms with Crippen molar-refractivity contribution in [1.82, 2.24) is 20.0 Å². The van der Waals surface area contributed by atoms with Crippen LogP contribution in [0.2, 0.25) is 5.02 Å². The zero-order chi connectivity index (χ0) is 26.2. The molecule has 2 aromatic carbocycles. The number of halogens is 2. The number of rotatable bonds is 9. The molecule has 5 rings (SSSR count). The van der Waals surface area contributed by atoms with Crippen LogP contribution in [-0.4, -0.2) is 37.7 Å². The van der Waals surface area contributed by atoms with E-state index in [1.165, 1.54) is 30.5 Å². The summed E-state index contributed by atoms with van der Waals surface area (Å²) in [5.74, 6) is -0.413. The molecule has 1 unspecified atom stereocenters. The lowest BCUT2D eigenvalue weighted by Gasteiger charge is -2.21. The van der Waals surface area contributed by atoms with Crippen molar-refractivity contribution in [2.75, 3.05) is 17.2 Å². The first-order valence-corrected chi connectivity index (χ1v) is 12.1. The molecular weight excluding hydrogens is 481 g/mol. The molecule has 1 saturated carbocycles. The maximum Gasteiger partial charge on any atom is 0.123 e. The van der Waals surface area contributed by atoms with Crippen molar-refractivity contribution < 1.29 is 10.9 Å². The number of aromatic nitrogens is 4. The fourth-order valence-corrected chi connectivity index (χ4v) is 4.31. The van der Waals surface area contributed by atoms with E-state index in [0.717, 1.165) is 12.8 Å². The summed E-state index contributed by atoms with van der Waals surface area (Å²) in [6.07, 6.45) is 5.70. The molecule has 8 nitrogen and oxygen atoms in total. The van der Waals surface area contributed by atoms with Crippen LogP contribution in [0, 0.1) is 17.1 Å². The SMILES string of the molecule is [2H][C@@](Nc1cc(Cl)c2ncc(C#N)c(NC(C)CCO)c2c1)(c1ccc(F)cc1)c1cn(C2CC2)nn1. The molecule has 1 fully saturated rings. The second-order valence-corrected chi connectivity index (χ2v) is 9.30. The smallest absolute Gasteiger partial charge is 0.123 e. The van der Waals surface area contributed by atoms with Gasteiger partial charge in [0.15, 0.2) is 0 Å². The largest absolute Gasteiger partial charge is 0.396 e. The zero-order valence-electron chi connectivity index (χ0n) is 20.5. The molecular formula is C26H25ClFN7O. The summed E-state index contributed by atoms with van der Waals surface area (Å²) in [7, 11) is 0. The number of nitriles is 1. The van der Waals surface area contributed by atoms with Gasteiger partial charge in [-0.3, -0.25) is 4.98 Å². The summed E-state index contributed by atoms with van der Waals surface area (Å²) in [5.41, 5.74) is 2.65. The van der Waals surface area contributed by atoms with Gasteiger partial charge in [0.1, 0.15) is 17.6 Å². The van der Waals surface area contributed by atoms with Gasteiger partial charge in [0.05, 0.1) is 41.4 Å². The fraction of sp³-hybridized carbons (Fsp3) is 0.308. The summed E-state index contributed by atoms with van der Waals surface area (Å²) in [4.78, 5) is 4.37. The number of pyridine rings is 1. The maximum absolute atomic E-state index is 13.7. The first-order chi connectivity index (χ1) is 17.8. The summed E-state index contributed by atoms with van der Waals surface area (Å²) < 4.78 is 25.0. The molecule has 3 N–H and O–H groups in total. The van der Waals surface area contributed by atoms with Gasteiger partial charge >= 0.3 is 0 Å². The van der Waals surface area contributed by atoms with Gasteiger partial charge in [0, 0.05) is 29.9 Å². The molecule has 0 bridgehead atoms. The van der Waals surface area contributed by atoms with Crippen molar-refractivity contribution >= 4 is 33.9 Å². The molecule has 10 heteroatoms. The number of fused-ring (bicyclic) bond motifs is 1. The van der Waals surface area contributed by atoms with Crippen LogP contribution in [0.3, 0.4) is 0 Å². The fourth-order valence-electron chi connectivity index (χ4n) is 4.04. The number of nitrogens with zero attached hydrogens (tertiary/aromatic N) is 5. The van der Waals surface area contributed by atoms with Gasteiger partial charge in [-0.15, -0.1) is 5.10 Å². The van der Waals surface area contributed by atoms with Crippen molar-refractivity contribution in [3.63, 3.8) is 0 Å². The molecule has 0 spiro atoms. The lowest BCUT2D eigenvalue weighted by atomic mass is 10.0. The molecule has 2 atom stereocenters. The van der Waals surface area contributed by atoms with E-state index in [4.69, 9.17) is 11.6 Å². The minimum atomic E-state index is -1.62. The van der Waals surface area contributed by atoms with Crippen LogP contribution in [0.25, 0.3) is 10.9 Å². The number of benzene rings is 2. The van der Waals surface area contributed by atoms with Crippen LogP contribution in [0.5, 0.6) is 0 Å². The van der Waals surface area contributed by atoms with Crippen LogP contribution in [0.1, 0.15) is 56.4 Å². The molecule has 4 aromatic rings. The highest BCUT2D eigenvalue weighted by molar-refractivity contribution is 6.35. The van der Waals surface area contributed by atoms with Crippen molar-refractivity contribution in [3.8, 4) is 6.07 Å². The molecule has 0 aliphatic heterocycles. The Labute approximate surface area is 214 Å². The van der Waals surface area contributed by atoms with E-state index < -0.39 is 11.8 Å². The van der Waals surface area contributed by atoms with Crippen LogP contribution in [-0.2, 0) is 0 Å². The van der Waals surface area contributed by atoms with Crippen molar-refractivity contribution in [1.29, 1.82) is 5.26 Å². The predicted molar refractivity (Wildman–Crippen MR) is 136 cm³/mol. The Kier molecular flexibility index (Phi) is 6.36. The summed E-state index contributed by atoms with van der Waals surface area (Å²) >= 11 is 6.63. The highest BCUT2D eigenvalue weighted by Gasteiger charge is 2.27. The lowest BCUT2D eigenvalue weighted by molar-refractivity contribution is 0.282. The summed E-state index contributed by atoms with van der Waals surface area (Å²) in [6.45, 7) is 1.90. The molecule has 1 aliphatic rings. The van der Waals surface area contributed by atoms with E-state index in [-0.39, 0.29) is 18.7 Å². The predicted octanol–water partition coefficient (Wildman–Crippen LogP) is 5.21. The lowest BCUT2D eigenvalue weighted by Crippen LogP contribution is -2.18. The van der Waals surface area contributed by atoms with E-state index in [1.807, 2.05) is 6.92 Å². The van der Waals surface area contributed by atoms with Gasteiger partial charge in [-0.2, -0.15) is 5.26 Å². The Morgan fingerprint density at radius 3 is 2.78 bits per heavy atom. The number of nitrogens with one attached hydrogen (secondary N) is 2. The van der Waals surface area contributed by atoms with E-state index in [2.05, 4.69) is 32.0 Å². The third-order valence-corrected chi connectivity index (χ3v) is 6.38. The first kappa shape index (κ1) is 22.7. The molecule has 0 radical (unpaired) electrons. The minimum absolute atomic E-state index is 0.00674. The molecule has 0 saturated heterocycles. The van der Waals surface area contributed by atoms with Gasteiger partial charge in [0.2, 0.25) is 0 Å². The van der Waals surface area contributed by atoms with Gasteiger partial charge < -0.3 is 15.7 Å². The van der Waals surface area contributed by atoms with Gasteiger partial charge in [-0.1, -0.05) is 28.9 Å². The number of hydrogen-bond acceptors (Lipinski definition) is 7. The summed E-state index contributed by atoms with van der Waals surface area (Å²) in [6, 6.07) is 9.78.